The monoisotopic (exact) mass is 555 g/mol. The Labute approximate surface area is 230 Å². The topological polar surface area (TPSA) is 86.8 Å². The van der Waals surface area contributed by atoms with Gasteiger partial charge in [0, 0.05) is 13.1 Å². The highest BCUT2D eigenvalue weighted by Crippen LogP contribution is 2.30. The maximum absolute atomic E-state index is 13.9. The number of anilines is 1. The molecule has 0 heterocycles. The summed E-state index contributed by atoms with van der Waals surface area (Å²) in [7, 11) is -4.15. The first-order valence-corrected chi connectivity index (χ1v) is 14.4. The highest BCUT2D eigenvalue weighted by atomic mass is 35.5. The summed E-state index contributed by atoms with van der Waals surface area (Å²) in [6.45, 7) is 5.76. The molecule has 9 heteroatoms. The van der Waals surface area contributed by atoms with Crippen LogP contribution in [-0.4, -0.2) is 44.3 Å². The fourth-order valence-electron chi connectivity index (χ4n) is 3.90. The van der Waals surface area contributed by atoms with E-state index in [0.29, 0.717) is 6.54 Å². The molecule has 0 aliphatic carbocycles. The Morgan fingerprint density at radius 3 is 2.21 bits per heavy atom. The molecule has 38 heavy (non-hydrogen) atoms. The molecular weight excluding hydrogens is 522 g/mol. The van der Waals surface area contributed by atoms with Crippen LogP contribution >= 0.6 is 11.6 Å². The second kappa shape index (κ2) is 13.4. The smallest absolute Gasteiger partial charge is 0.264 e. The van der Waals surface area contributed by atoms with Crippen LogP contribution in [0.25, 0.3) is 0 Å². The van der Waals surface area contributed by atoms with E-state index in [1.807, 2.05) is 38.1 Å². The van der Waals surface area contributed by atoms with Crippen molar-refractivity contribution in [3.63, 3.8) is 0 Å². The largest absolute Gasteiger partial charge is 0.354 e. The van der Waals surface area contributed by atoms with Crippen LogP contribution in [0.5, 0.6) is 0 Å². The lowest BCUT2D eigenvalue weighted by Gasteiger charge is -2.32. The van der Waals surface area contributed by atoms with Crippen molar-refractivity contribution in [1.82, 2.24) is 10.2 Å². The number of rotatable bonds is 12. The number of carbonyl (C=O) groups is 2. The van der Waals surface area contributed by atoms with E-state index in [1.165, 1.54) is 17.0 Å². The van der Waals surface area contributed by atoms with E-state index < -0.39 is 28.5 Å². The zero-order valence-electron chi connectivity index (χ0n) is 21.9. The van der Waals surface area contributed by atoms with Crippen molar-refractivity contribution >= 4 is 39.1 Å². The number of amides is 2. The van der Waals surface area contributed by atoms with Gasteiger partial charge in [0.15, 0.2) is 0 Å². The van der Waals surface area contributed by atoms with Gasteiger partial charge in [-0.2, -0.15) is 0 Å². The average molecular weight is 556 g/mol. The SMILES string of the molecule is CCCCNC(=O)[C@H](C)N(Cc1ccc(C)cc1)C(=O)CN(c1ccccc1Cl)S(=O)(=O)c1ccccc1. The first-order chi connectivity index (χ1) is 18.1. The molecule has 0 radical (unpaired) electrons. The lowest BCUT2D eigenvalue weighted by molar-refractivity contribution is -0.139. The van der Waals surface area contributed by atoms with E-state index in [-0.39, 0.29) is 28.1 Å². The van der Waals surface area contributed by atoms with Crippen molar-refractivity contribution in [2.75, 3.05) is 17.4 Å². The van der Waals surface area contributed by atoms with Gasteiger partial charge in [0.1, 0.15) is 12.6 Å². The van der Waals surface area contributed by atoms with Crippen molar-refractivity contribution in [3.05, 3.63) is 95.0 Å². The standard InChI is InChI=1S/C29H34ClN3O4S/c1-4-5-19-31-29(35)23(3)32(20-24-17-15-22(2)16-18-24)28(34)21-33(27-14-10-9-13-26(27)30)38(36,37)25-11-7-6-8-12-25/h6-18,23H,4-5,19-21H2,1-3H3,(H,31,35)/t23-/m0/s1. The van der Waals surface area contributed by atoms with Crippen LogP contribution in [0.4, 0.5) is 5.69 Å². The Balaban J connectivity index is 1.99. The van der Waals surface area contributed by atoms with Gasteiger partial charge in [-0.1, -0.05) is 85.1 Å². The predicted octanol–water partition coefficient (Wildman–Crippen LogP) is 5.18. The molecule has 0 spiro atoms. The number of hydrogen-bond donors (Lipinski definition) is 1. The lowest BCUT2D eigenvalue weighted by atomic mass is 10.1. The third-order valence-corrected chi connectivity index (χ3v) is 8.30. The van der Waals surface area contributed by atoms with E-state index in [2.05, 4.69) is 5.32 Å². The third-order valence-electron chi connectivity index (χ3n) is 6.20. The molecule has 3 aromatic rings. The summed E-state index contributed by atoms with van der Waals surface area (Å²) in [5, 5.41) is 3.07. The van der Waals surface area contributed by atoms with E-state index in [1.54, 1.807) is 49.4 Å². The second-order valence-electron chi connectivity index (χ2n) is 9.10. The van der Waals surface area contributed by atoms with Gasteiger partial charge in [0.25, 0.3) is 10.0 Å². The number of aryl methyl sites for hydroxylation is 1. The predicted molar refractivity (Wildman–Crippen MR) is 152 cm³/mol. The number of hydrogen-bond acceptors (Lipinski definition) is 4. The normalized spacial score (nSPS) is 12.0. The molecule has 0 bridgehead atoms. The molecule has 1 N–H and O–H groups in total. The molecule has 3 aromatic carbocycles. The van der Waals surface area contributed by atoms with E-state index in [9.17, 15) is 18.0 Å². The number of para-hydroxylation sites is 1. The van der Waals surface area contributed by atoms with Gasteiger partial charge in [-0.3, -0.25) is 13.9 Å². The Bertz CT molecular complexity index is 1330. The molecule has 0 unspecified atom stereocenters. The molecule has 202 valence electrons. The van der Waals surface area contributed by atoms with Crippen molar-refractivity contribution in [2.24, 2.45) is 0 Å². The van der Waals surface area contributed by atoms with Gasteiger partial charge in [-0.15, -0.1) is 0 Å². The Morgan fingerprint density at radius 1 is 0.947 bits per heavy atom. The van der Waals surface area contributed by atoms with Crippen molar-refractivity contribution in [1.29, 1.82) is 0 Å². The Kier molecular flexibility index (Phi) is 10.3. The number of nitrogens with zero attached hydrogens (tertiary/aromatic N) is 2. The summed E-state index contributed by atoms with van der Waals surface area (Å²) >= 11 is 6.41. The summed E-state index contributed by atoms with van der Waals surface area (Å²) in [6, 6.07) is 21.2. The van der Waals surface area contributed by atoms with Gasteiger partial charge in [-0.05, 0) is 50.1 Å². The lowest BCUT2D eigenvalue weighted by Crippen LogP contribution is -2.51. The van der Waals surface area contributed by atoms with Crippen LogP contribution in [-0.2, 0) is 26.2 Å². The first-order valence-electron chi connectivity index (χ1n) is 12.6. The molecule has 0 saturated carbocycles. The summed E-state index contributed by atoms with van der Waals surface area (Å²) in [5.74, 6) is -0.822. The number of sulfonamides is 1. The number of carbonyl (C=O) groups excluding carboxylic acids is 2. The van der Waals surface area contributed by atoms with Crippen LogP contribution in [0.2, 0.25) is 5.02 Å². The fraction of sp³-hybridized carbons (Fsp3) is 0.310. The van der Waals surface area contributed by atoms with Crippen LogP contribution in [0.1, 0.15) is 37.8 Å². The van der Waals surface area contributed by atoms with Gasteiger partial charge in [0.2, 0.25) is 11.8 Å². The molecule has 3 rings (SSSR count). The maximum atomic E-state index is 13.9. The highest BCUT2D eigenvalue weighted by molar-refractivity contribution is 7.92. The Hall–Kier alpha value is -3.36. The van der Waals surface area contributed by atoms with Gasteiger partial charge >= 0.3 is 0 Å². The fourth-order valence-corrected chi connectivity index (χ4v) is 5.64. The van der Waals surface area contributed by atoms with Crippen molar-refractivity contribution in [3.8, 4) is 0 Å². The summed E-state index contributed by atoms with van der Waals surface area (Å²) in [6.07, 6.45) is 1.74. The molecule has 7 nitrogen and oxygen atoms in total. The Morgan fingerprint density at radius 2 is 1.58 bits per heavy atom. The third kappa shape index (κ3) is 7.36. The first kappa shape index (κ1) is 29.2. The molecule has 2 amide bonds. The molecule has 0 saturated heterocycles. The number of benzene rings is 3. The maximum Gasteiger partial charge on any atom is 0.264 e. The minimum absolute atomic E-state index is 0.0307. The molecular formula is C29H34ClN3O4S. The van der Waals surface area contributed by atoms with Crippen LogP contribution < -0.4 is 9.62 Å². The molecule has 0 fully saturated rings. The van der Waals surface area contributed by atoms with E-state index >= 15 is 0 Å². The van der Waals surface area contributed by atoms with Gasteiger partial charge in [-0.25, -0.2) is 8.42 Å². The molecule has 0 aliphatic heterocycles. The highest BCUT2D eigenvalue weighted by Gasteiger charge is 2.33. The van der Waals surface area contributed by atoms with Gasteiger partial charge < -0.3 is 10.2 Å². The zero-order valence-corrected chi connectivity index (χ0v) is 23.5. The summed E-state index contributed by atoms with van der Waals surface area (Å²) in [4.78, 5) is 28.3. The number of unbranched alkanes of at least 4 members (excludes halogenated alkanes) is 1. The number of halogens is 1. The van der Waals surface area contributed by atoms with Crippen molar-refractivity contribution in [2.45, 2.75) is 51.1 Å². The minimum atomic E-state index is -4.15. The van der Waals surface area contributed by atoms with E-state index in [4.69, 9.17) is 11.6 Å². The summed E-state index contributed by atoms with van der Waals surface area (Å²) < 4.78 is 28.5. The molecule has 0 aliphatic rings. The zero-order chi connectivity index (χ0) is 27.7. The quantitative estimate of drug-likeness (QED) is 0.312. The van der Waals surface area contributed by atoms with Crippen LogP contribution in [0.15, 0.2) is 83.8 Å². The summed E-state index contributed by atoms with van der Waals surface area (Å²) in [5.41, 5.74) is 2.07. The molecule has 1 atom stereocenters. The van der Waals surface area contributed by atoms with E-state index in [0.717, 1.165) is 28.3 Å². The van der Waals surface area contributed by atoms with Crippen LogP contribution in [0, 0.1) is 6.92 Å². The molecule has 0 aromatic heterocycles. The van der Waals surface area contributed by atoms with Crippen molar-refractivity contribution < 1.29 is 18.0 Å². The minimum Gasteiger partial charge on any atom is -0.354 e. The van der Waals surface area contributed by atoms with Gasteiger partial charge in [0.05, 0.1) is 15.6 Å². The second-order valence-corrected chi connectivity index (χ2v) is 11.4. The average Bonchev–Trinajstić information content (AvgIpc) is 2.92. The number of nitrogens with one attached hydrogen (secondary N) is 1. The van der Waals surface area contributed by atoms with Crippen LogP contribution in [0.3, 0.4) is 0 Å².